The van der Waals surface area contributed by atoms with Gasteiger partial charge in [-0.25, -0.2) is 9.18 Å². The molecule has 1 unspecified atom stereocenters. The Bertz CT molecular complexity index is 59.8. The smallest absolute Gasteiger partial charge is 0.337 e. The number of aliphatic carboxylic acids is 1. The van der Waals surface area contributed by atoms with E-state index in [9.17, 15) is 9.18 Å². The lowest BCUT2D eigenvalue weighted by Crippen LogP contribution is -2.08. The van der Waals surface area contributed by atoms with Gasteiger partial charge in [0.1, 0.15) is 0 Å². The van der Waals surface area contributed by atoms with Crippen molar-refractivity contribution in [3.63, 3.8) is 0 Å². The maximum atomic E-state index is 11.2. The minimum Gasteiger partial charge on any atom is -0.479 e. The second-order valence-corrected chi connectivity index (χ2v) is 0.954. The number of rotatable bonds is 1. The summed E-state index contributed by atoms with van der Waals surface area (Å²) in [7, 11) is 0. The Morgan fingerprint density at radius 3 is 2.17 bits per heavy atom. The molecule has 0 aromatic heterocycles. The van der Waals surface area contributed by atoms with Crippen molar-refractivity contribution < 1.29 is 14.3 Å². The predicted octanol–water partition coefficient (Wildman–Crippen LogP) is 0.429. The van der Waals surface area contributed by atoms with Gasteiger partial charge in [-0.05, 0) is 6.92 Å². The van der Waals surface area contributed by atoms with Crippen LogP contribution >= 0.6 is 0 Å². The van der Waals surface area contributed by atoms with Gasteiger partial charge in [-0.15, -0.1) is 0 Å². The van der Waals surface area contributed by atoms with Crippen LogP contribution in [-0.2, 0) is 4.79 Å². The number of carbonyl (C=O) groups is 1. The number of carboxylic acid groups (broad SMARTS) is 1. The molecule has 0 aliphatic heterocycles. The van der Waals surface area contributed by atoms with Crippen LogP contribution in [0.3, 0.4) is 0 Å². The Labute approximate surface area is 34.6 Å². The molecule has 1 atom stereocenters. The zero-order valence-corrected chi connectivity index (χ0v) is 3.31. The average molecular weight is 91.1 g/mol. The number of hydrogen-bond donors (Lipinski definition) is 1. The summed E-state index contributed by atoms with van der Waals surface area (Å²) in [6, 6.07) is 0. The predicted molar refractivity (Wildman–Crippen MR) is 18.2 cm³/mol. The van der Waals surface area contributed by atoms with Gasteiger partial charge >= 0.3 is 5.97 Å². The molecule has 0 aromatic carbocycles. The summed E-state index contributed by atoms with van der Waals surface area (Å²) in [6.07, 6.45) is -1.73. The molecule has 0 aromatic rings. The third-order valence-electron chi connectivity index (χ3n) is 0.340. The van der Waals surface area contributed by atoms with Crippen molar-refractivity contribution in [3.05, 3.63) is 0 Å². The van der Waals surface area contributed by atoms with Crippen molar-refractivity contribution in [2.45, 2.75) is 13.1 Å². The Kier molecular flexibility index (Phi) is 1.57. The maximum absolute atomic E-state index is 11.2. The van der Waals surface area contributed by atoms with E-state index in [2.05, 4.69) is 0 Å². The van der Waals surface area contributed by atoms with Gasteiger partial charge in [-0.3, -0.25) is 0 Å². The first-order valence-electron chi connectivity index (χ1n) is 1.51. The van der Waals surface area contributed by atoms with Crippen molar-refractivity contribution in [3.8, 4) is 0 Å². The van der Waals surface area contributed by atoms with Gasteiger partial charge in [-0.1, -0.05) is 0 Å². The lowest BCUT2D eigenvalue weighted by molar-refractivity contribution is -0.142. The van der Waals surface area contributed by atoms with Crippen LogP contribution in [0.2, 0.25) is 0 Å². The Morgan fingerprint density at radius 1 is 2.00 bits per heavy atom. The molecule has 0 heterocycles. The highest BCUT2D eigenvalue weighted by atomic mass is 18.2. The SMILES string of the molecule is CC([18F])C(=O)O. The first-order valence-corrected chi connectivity index (χ1v) is 1.51. The van der Waals surface area contributed by atoms with Crippen molar-refractivity contribution in [1.82, 2.24) is 0 Å². The first-order chi connectivity index (χ1) is 2.64. The number of halogens is 1. The summed E-state index contributed by atoms with van der Waals surface area (Å²) in [5.74, 6) is -1.41. The second kappa shape index (κ2) is 1.74. The molecule has 0 radical (unpaired) electrons. The maximum Gasteiger partial charge on any atom is 0.337 e. The van der Waals surface area contributed by atoms with E-state index in [1.54, 1.807) is 0 Å². The number of alkyl halides is 1. The molecular formula is C3H5FO2. The highest BCUT2D eigenvalue weighted by molar-refractivity contribution is 5.71. The molecule has 0 aliphatic carbocycles. The average Bonchev–Trinajstić information content (AvgIpc) is 1.36. The Balaban J connectivity index is 3.26. The molecule has 0 saturated carbocycles. The highest BCUT2D eigenvalue weighted by Crippen LogP contribution is 1.83. The monoisotopic (exact) mass is 91.0 g/mol. The summed E-state index contributed by atoms with van der Waals surface area (Å²) < 4.78 is 11.2. The summed E-state index contributed by atoms with van der Waals surface area (Å²) in [6.45, 7) is 0.975. The lowest BCUT2D eigenvalue weighted by atomic mass is 10.5. The van der Waals surface area contributed by atoms with Crippen molar-refractivity contribution in [2.75, 3.05) is 0 Å². The van der Waals surface area contributed by atoms with Crippen LogP contribution in [0, 0.1) is 0 Å². The molecule has 1 N–H and O–H groups in total. The summed E-state index contributed by atoms with van der Waals surface area (Å²) >= 11 is 0. The van der Waals surface area contributed by atoms with Crippen molar-refractivity contribution >= 4 is 5.97 Å². The van der Waals surface area contributed by atoms with Crippen molar-refractivity contribution in [2.24, 2.45) is 0 Å². The summed E-state index contributed by atoms with van der Waals surface area (Å²) in [5.41, 5.74) is 0. The van der Waals surface area contributed by atoms with E-state index in [4.69, 9.17) is 5.11 Å². The third-order valence-corrected chi connectivity index (χ3v) is 0.340. The summed E-state index contributed by atoms with van der Waals surface area (Å²) in [4.78, 5) is 9.32. The standard InChI is InChI=1S/C3H5FO2/c1-2(4)3(5)6/h2H,1H3,(H,5,6)/i4-1. The van der Waals surface area contributed by atoms with E-state index in [-0.39, 0.29) is 0 Å². The number of hydrogen-bond acceptors (Lipinski definition) is 1. The van der Waals surface area contributed by atoms with Gasteiger partial charge in [-0.2, -0.15) is 0 Å². The molecule has 6 heavy (non-hydrogen) atoms. The highest BCUT2D eigenvalue weighted by Gasteiger charge is 2.04. The van der Waals surface area contributed by atoms with E-state index >= 15 is 0 Å². The van der Waals surface area contributed by atoms with Crippen molar-refractivity contribution in [1.29, 1.82) is 0 Å². The van der Waals surface area contributed by atoms with Gasteiger partial charge in [0.2, 0.25) is 0 Å². The molecule has 0 aliphatic rings. The fraction of sp³-hybridized carbons (Fsp3) is 0.667. The van der Waals surface area contributed by atoms with Crippen LogP contribution in [-0.4, -0.2) is 17.2 Å². The summed E-state index contributed by atoms with van der Waals surface area (Å²) in [5, 5.41) is 7.62. The first kappa shape index (κ1) is 5.40. The second-order valence-electron chi connectivity index (χ2n) is 0.954. The fourth-order valence-corrected chi connectivity index (χ4v) is 0. The quantitative estimate of drug-likeness (QED) is 0.508. The fourth-order valence-electron chi connectivity index (χ4n) is 0. The normalized spacial score (nSPS) is 13.7. The van der Waals surface area contributed by atoms with E-state index in [1.807, 2.05) is 0 Å². The van der Waals surface area contributed by atoms with Crippen LogP contribution in [0.4, 0.5) is 4.39 Å². The molecular weight excluding hydrogens is 86.0 g/mol. The zero-order chi connectivity index (χ0) is 5.15. The molecule has 36 valence electrons. The van der Waals surface area contributed by atoms with E-state index in [1.165, 1.54) is 0 Å². The van der Waals surface area contributed by atoms with E-state index in [0.29, 0.717) is 0 Å². The van der Waals surface area contributed by atoms with Crippen LogP contribution in [0.25, 0.3) is 0 Å². The van der Waals surface area contributed by atoms with Crippen LogP contribution < -0.4 is 0 Å². The zero-order valence-electron chi connectivity index (χ0n) is 3.31. The van der Waals surface area contributed by atoms with E-state index < -0.39 is 12.1 Å². The van der Waals surface area contributed by atoms with Gasteiger partial charge in [0.15, 0.2) is 6.17 Å². The molecule has 0 saturated heterocycles. The molecule has 3 heteroatoms. The van der Waals surface area contributed by atoms with Gasteiger partial charge in [0.25, 0.3) is 0 Å². The minimum absolute atomic E-state index is 0.975. The Morgan fingerprint density at radius 2 is 2.17 bits per heavy atom. The molecule has 0 spiro atoms. The molecule has 0 bridgehead atoms. The Hall–Kier alpha value is -0.600. The molecule has 0 rings (SSSR count). The minimum atomic E-state index is -1.73. The number of carboxylic acids is 1. The van der Waals surface area contributed by atoms with Crippen LogP contribution in [0.5, 0.6) is 0 Å². The molecule has 0 fully saturated rings. The van der Waals surface area contributed by atoms with E-state index in [0.717, 1.165) is 6.92 Å². The lowest BCUT2D eigenvalue weighted by Gasteiger charge is -1.85. The van der Waals surface area contributed by atoms with Gasteiger partial charge < -0.3 is 5.11 Å². The topological polar surface area (TPSA) is 37.3 Å². The largest absolute Gasteiger partial charge is 0.479 e. The van der Waals surface area contributed by atoms with Gasteiger partial charge in [0, 0.05) is 0 Å². The molecule has 2 nitrogen and oxygen atoms in total. The third kappa shape index (κ3) is 1.69. The van der Waals surface area contributed by atoms with Crippen LogP contribution in [0.15, 0.2) is 0 Å². The van der Waals surface area contributed by atoms with Crippen LogP contribution in [0.1, 0.15) is 6.92 Å². The molecule has 0 amide bonds. The van der Waals surface area contributed by atoms with Gasteiger partial charge in [0.05, 0.1) is 0 Å².